The van der Waals surface area contributed by atoms with Gasteiger partial charge < -0.3 is 4.90 Å². The molecule has 0 unspecified atom stereocenters. The predicted molar refractivity (Wildman–Crippen MR) is 77.0 cm³/mol. The first-order valence-corrected chi connectivity index (χ1v) is 8.35. The summed E-state index contributed by atoms with van der Waals surface area (Å²) >= 11 is 5.64. The van der Waals surface area contributed by atoms with Crippen LogP contribution < -0.4 is 0 Å². The maximum absolute atomic E-state index is 13.1. The van der Waals surface area contributed by atoms with Crippen molar-refractivity contribution in [3.63, 3.8) is 0 Å². The van der Waals surface area contributed by atoms with Crippen LogP contribution in [-0.4, -0.2) is 49.7 Å². The second-order valence-corrected chi connectivity index (χ2v) is 7.18. The van der Waals surface area contributed by atoms with E-state index in [1.165, 1.54) is 17.3 Å². The van der Waals surface area contributed by atoms with E-state index in [9.17, 15) is 17.6 Å². The monoisotopic (exact) mass is 334 g/mol. The van der Waals surface area contributed by atoms with E-state index >= 15 is 0 Å². The molecule has 1 aromatic rings. The molecule has 1 amide bonds. The van der Waals surface area contributed by atoms with Gasteiger partial charge in [0.05, 0.1) is 9.92 Å². The Morgan fingerprint density at radius 3 is 2.57 bits per heavy atom. The number of rotatable bonds is 2. The van der Waals surface area contributed by atoms with E-state index in [1.807, 2.05) is 0 Å². The highest BCUT2D eigenvalue weighted by Crippen LogP contribution is 2.23. The smallest absolute Gasteiger partial charge is 0.243 e. The fourth-order valence-corrected chi connectivity index (χ4v) is 3.98. The first-order valence-electron chi connectivity index (χ1n) is 6.53. The number of carbonyl (C=O) groups is 1. The zero-order valence-corrected chi connectivity index (χ0v) is 13.1. The van der Waals surface area contributed by atoms with E-state index in [0.717, 1.165) is 12.1 Å². The van der Waals surface area contributed by atoms with Gasteiger partial charge in [-0.05, 0) is 24.6 Å². The van der Waals surface area contributed by atoms with Gasteiger partial charge in [-0.15, -0.1) is 0 Å². The van der Waals surface area contributed by atoms with Crippen LogP contribution in [0.4, 0.5) is 4.39 Å². The molecule has 1 saturated heterocycles. The molecule has 0 atom stereocenters. The molecule has 0 aliphatic carbocycles. The summed E-state index contributed by atoms with van der Waals surface area (Å²) < 4.78 is 39.5. The van der Waals surface area contributed by atoms with Crippen molar-refractivity contribution in [2.24, 2.45) is 0 Å². The fourth-order valence-electron chi connectivity index (χ4n) is 2.24. The van der Waals surface area contributed by atoms with E-state index in [-0.39, 0.29) is 22.4 Å². The minimum Gasteiger partial charge on any atom is -0.342 e. The predicted octanol–water partition coefficient (Wildman–Crippen LogP) is 1.72. The van der Waals surface area contributed by atoms with Gasteiger partial charge in [0.2, 0.25) is 15.9 Å². The number of amides is 1. The highest BCUT2D eigenvalue weighted by Gasteiger charge is 2.28. The van der Waals surface area contributed by atoms with Gasteiger partial charge in [-0.1, -0.05) is 11.6 Å². The quantitative estimate of drug-likeness (QED) is 0.827. The Kier molecular flexibility index (Phi) is 4.85. The average Bonchev–Trinajstić information content (AvgIpc) is 2.68. The minimum absolute atomic E-state index is 0.0369. The lowest BCUT2D eigenvalue weighted by Crippen LogP contribution is -2.36. The Hall–Kier alpha value is -1.18. The van der Waals surface area contributed by atoms with Crippen LogP contribution >= 0.6 is 11.6 Å². The second kappa shape index (κ2) is 6.29. The molecule has 1 aliphatic rings. The molecular weight excluding hydrogens is 319 g/mol. The van der Waals surface area contributed by atoms with Crippen molar-refractivity contribution in [1.82, 2.24) is 9.21 Å². The van der Waals surface area contributed by atoms with Crippen molar-refractivity contribution in [3.05, 3.63) is 29.0 Å². The van der Waals surface area contributed by atoms with Gasteiger partial charge in [0, 0.05) is 33.1 Å². The van der Waals surface area contributed by atoms with E-state index < -0.39 is 15.8 Å². The van der Waals surface area contributed by atoms with E-state index in [2.05, 4.69) is 0 Å². The average molecular weight is 335 g/mol. The molecule has 0 aromatic heterocycles. The van der Waals surface area contributed by atoms with Crippen LogP contribution in [0.5, 0.6) is 0 Å². The van der Waals surface area contributed by atoms with Crippen molar-refractivity contribution >= 4 is 27.5 Å². The summed E-state index contributed by atoms with van der Waals surface area (Å²) in [5.74, 6) is -0.728. The summed E-state index contributed by atoms with van der Waals surface area (Å²) in [4.78, 5) is 12.9. The van der Waals surface area contributed by atoms with Crippen LogP contribution in [0, 0.1) is 5.82 Å². The summed E-state index contributed by atoms with van der Waals surface area (Å²) in [6, 6.07) is 3.35. The first-order chi connectivity index (χ1) is 9.82. The molecule has 0 saturated carbocycles. The molecule has 21 heavy (non-hydrogen) atoms. The number of hydrogen-bond acceptors (Lipinski definition) is 3. The number of sulfonamides is 1. The SMILES string of the molecule is CC(=O)N1CCCN(S(=O)(=O)c2ccc(F)c(Cl)c2)CC1. The Morgan fingerprint density at radius 2 is 1.95 bits per heavy atom. The Morgan fingerprint density at radius 1 is 1.24 bits per heavy atom. The van der Waals surface area contributed by atoms with Gasteiger partial charge in [-0.3, -0.25) is 4.79 Å². The Labute approximate surface area is 128 Å². The Bertz CT molecular complexity index is 651. The third kappa shape index (κ3) is 3.53. The first kappa shape index (κ1) is 16.2. The van der Waals surface area contributed by atoms with Crippen molar-refractivity contribution < 1.29 is 17.6 Å². The van der Waals surface area contributed by atoms with Crippen LogP contribution in [-0.2, 0) is 14.8 Å². The number of hydrogen-bond donors (Lipinski definition) is 0. The lowest BCUT2D eigenvalue weighted by atomic mass is 10.3. The second-order valence-electron chi connectivity index (χ2n) is 4.84. The molecule has 1 heterocycles. The molecule has 2 rings (SSSR count). The number of carbonyl (C=O) groups excluding carboxylic acids is 1. The van der Waals surface area contributed by atoms with Crippen LogP contribution in [0.1, 0.15) is 13.3 Å². The highest BCUT2D eigenvalue weighted by molar-refractivity contribution is 7.89. The summed E-state index contributed by atoms with van der Waals surface area (Å²) in [6.45, 7) is 2.89. The summed E-state index contributed by atoms with van der Waals surface area (Å²) in [7, 11) is -3.73. The molecule has 8 heteroatoms. The van der Waals surface area contributed by atoms with Gasteiger partial charge in [0.15, 0.2) is 0 Å². The molecule has 1 aromatic carbocycles. The lowest BCUT2D eigenvalue weighted by molar-refractivity contribution is -0.128. The van der Waals surface area contributed by atoms with Crippen LogP contribution in [0.15, 0.2) is 23.1 Å². The zero-order chi connectivity index (χ0) is 15.6. The molecule has 1 fully saturated rings. The third-order valence-electron chi connectivity index (χ3n) is 3.43. The van der Waals surface area contributed by atoms with Gasteiger partial charge >= 0.3 is 0 Å². The fraction of sp³-hybridized carbons (Fsp3) is 0.462. The number of halogens is 2. The van der Waals surface area contributed by atoms with Crippen molar-refractivity contribution in [3.8, 4) is 0 Å². The molecule has 0 radical (unpaired) electrons. The number of nitrogens with zero attached hydrogens (tertiary/aromatic N) is 2. The van der Waals surface area contributed by atoms with E-state index in [1.54, 1.807) is 4.90 Å². The minimum atomic E-state index is -3.73. The van der Waals surface area contributed by atoms with E-state index in [4.69, 9.17) is 11.6 Å². The highest BCUT2D eigenvalue weighted by atomic mass is 35.5. The van der Waals surface area contributed by atoms with Crippen molar-refractivity contribution in [1.29, 1.82) is 0 Å². The van der Waals surface area contributed by atoms with Crippen molar-refractivity contribution in [2.45, 2.75) is 18.2 Å². The summed E-state index contributed by atoms with van der Waals surface area (Å²) in [5.41, 5.74) is 0. The Balaban J connectivity index is 2.23. The molecule has 0 spiro atoms. The standard InChI is InChI=1S/C13H16ClFN2O3S/c1-10(18)16-5-2-6-17(8-7-16)21(19,20)11-3-4-13(15)12(14)9-11/h3-4,9H,2,5-8H2,1H3. The van der Waals surface area contributed by atoms with Gasteiger partial charge in [-0.25, -0.2) is 12.8 Å². The molecule has 0 bridgehead atoms. The number of benzene rings is 1. The maximum Gasteiger partial charge on any atom is 0.243 e. The van der Waals surface area contributed by atoms with E-state index in [0.29, 0.717) is 26.1 Å². The van der Waals surface area contributed by atoms with Crippen LogP contribution in [0.3, 0.4) is 0 Å². The molecule has 116 valence electrons. The third-order valence-corrected chi connectivity index (χ3v) is 5.61. The van der Waals surface area contributed by atoms with Crippen LogP contribution in [0.2, 0.25) is 5.02 Å². The largest absolute Gasteiger partial charge is 0.342 e. The van der Waals surface area contributed by atoms with Gasteiger partial charge in [0.25, 0.3) is 0 Å². The molecular formula is C13H16ClFN2O3S. The van der Waals surface area contributed by atoms with Gasteiger partial charge in [0.1, 0.15) is 5.82 Å². The normalized spacial score (nSPS) is 17.6. The molecule has 0 N–H and O–H groups in total. The molecule has 5 nitrogen and oxygen atoms in total. The maximum atomic E-state index is 13.1. The topological polar surface area (TPSA) is 57.7 Å². The van der Waals surface area contributed by atoms with Crippen LogP contribution in [0.25, 0.3) is 0 Å². The molecule has 1 aliphatic heterocycles. The summed E-state index contributed by atoms with van der Waals surface area (Å²) in [5, 5.41) is -0.226. The van der Waals surface area contributed by atoms with Crippen molar-refractivity contribution in [2.75, 3.05) is 26.2 Å². The van der Waals surface area contributed by atoms with Gasteiger partial charge in [-0.2, -0.15) is 4.31 Å². The summed E-state index contributed by atoms with van der Waals surface area (Å²) in [6.07, 6.45) is 0.563. The zero-order valence-electron chi connectivity index (χ0n) is 11.6. The lowest BCUT2D eigenvalue weighted by Gasteiger charge is -2.21.